The lowest BCUT2D eigenvalue weighted by atomic mass is 10.2. The van der Waals surface area contributed by atoms with Gasteiger partial charge in [-0.15, -0.1) is 11.8 Å². The Balaban J connectivity index is 1.76. The van der Waals surface area contributed by atoms with Gasteiger partial charge in [0.15, 0.2) is 0 Å². The minimum atomic E-state index is 0.0229. The van der Waals surface area contributed by atoms with Crippen LogP contribution < -0.4 is 5.32 Å². The third-order valence-corrected chi connectivity index (χ3v) is 5.53. The van der Waals surface area contributed by atoms with E-state index in [0.29, 0.717) is 11.8 Å². The van der Waals surface area contributed by atoms with Crippen molar-refractivity contribution in [3.05, 3.63) is 65.2 Å². The van der Waals surface area contributed by atoms with Crippen LogP contribution in [0.4, 0.5) is 0 Å². The van der Waals surface area contributed by atoms with Crippen molar-refractivity contribution in [1.29, 1.82) is 0 Å². The van der Waals surface area contributed by atoms with Crippen LogP contribution in [0.5, 0.6) is 0 Å². The number of hydrogen-bond acceptors (Lipinski definition) is 3. The summed E-state index contributed by atoms with van der Waals surface area (Å²) in [6.45, 7) is 7.07. The van der Waals surface area contributed by atoms with Crippen LogP contribution >= 0.6 is 23.5 Å². The van der Waals surface area contributed by atoms with E-state index in [9.17, 15) is 4.79 Å². The lowest BCUT2D eigenvalue weighted by molar-refractivity contribution is 0.0953. The van der Waals surface area contributed by atoms with Crippen molar-refractivity contribution < 1.29 is 4.79 Å². The van der Waals surface area contributed by atoms with E-state index in [1.807, 2.05) is 36.0 Å². The molecule has 0 heterocycles. The number of thioether (sulfide) groups is 2. The fourth-order valence-corrected chi connectivity index (χ4v) is 3.99. The van der Waals surface area contributed by atoms with E-state index < -0.39 is 0 Å². The van der Waals surface area contributed by atoms with Gasteiger partial charge in [-0.2, -0.15) is 11.8 Å². The van der Waals surface area contributed by atoms with Crippen LogP contribution in [-0.2, 0) is 5.75 Å². The first kappa shape index (κ1) is 18.9. The van der Waals surface area contributed by atoms with Crippen molar-refractivity contribution in [2.75, 3.05) is 12.3 Å². The zero-order chi connectivity index (χ0) is 17.4. The van der Waals surface area contributed by atoms with Crippen LogP contribution in [0.3, 0.4) is 0 Å². The van der Waals surface area contributed by atoms with Gasteiger partial charge in [0.25, 0.3) is 5.91 Å². The molecule has 2 nitrogen and oxygen atoms in total. The molecule has 0 aliphatic carbocycles. The molecule has 0 saturated heterocycles. The fraction of sp³-hybridized carbons (Fsp3) is 0.350. The quantitative estimate of drug-likeness (QED) is 0.521. The number of nitrogens with one attached hydrogen (secondary N) is 1. The highest BCUT2D eigenvalue weighted by molar-refractivity contribution is 8.00. The van der Waals surface area contributed by atoms with Gasteiger partial charge in [-0.1, -0.05) is 55.8 Å². The van der Waals surface area contributed by atoms with Gasteiger partial charge in [0.05, 0.1) is 5.56 Å². The normalized spacial score (nSPS) is 10.8. The van der Waals surface area contributed by atoms with Gasteiger partial charge in [-0.25, -0.2) is 0 Å². The van der Waals surface area contributed by atoms with Crippen molar-refractivity contribution in [3.63, 3.8) is 0 Å². The Morgan fingerprint density at radius 1 is 1.08 bits per heavy atom. The summed E-state index contributed by atoms with van der Waals surface area (Å²) in [5, 5.41) is 3.50. The fourth-order valence-electron chi connectivity index (χ4n) is 2.22. The predicted molar refractivity (Wildman–Crippen MR) is 107 cm³/mol. The molecule has 0 spiro atoms. The average molecular weight is 360 g/mol. The molecule has 0 atom stereocenters. The molecule has 2 aromatic rings. The number of carbonyl (C=O) groups excluding carboxylic acids is 1. The Labute approximate surface area is 153 Å². The van der Waals surface area contributed by atoms with Gasteiger partial charge >= 0.3 is 0 Å². The molecule has 1 amide bonds. The minimum Gasteiger partial charge on any atom is -0.351 e. The van der Waals surface area contributed by atoms with E-state index >= 15 is 0 Å². The molecule has 24 heavy (non-hydrogen) atoms. The maximum atomic E-state index is 12.4. The second-order valence-electron chi connectivity index (χ2n) is 5.96. The molecule has 1 N–H and O–H groups in total. The van der Waals surface area contributed by atoms with Crippen LogP contribution in [-0.4, -0.2) is 23.5 Å². The van der Waals surface area contributed by atoms with E-state index in [-0.39, 0.29) is 5.91 Å². The number of aryl methyl sites for hydroxylation is 1. The van der Waals surface area contributed by atoms with Crippen molar-refractivity contribution in [3.8, 4) is 0 Å². The Morgan fingerprint density at radius 2 is 1.79 bits per heavy atom. The first-order chi connectivity index (χ1) is 11.6. The largest absolute Gasteiger partial charge is 0.351 e. The van der Waals surface area contributed by atoms with E-state index in [1.54, 1.807) is 11.8 Å². The molecule has 0 unspecified atom stereocenters. The first-order valence-electron chi connectivity index (χ1n) is 8.23. The highest BCUT2D eigenvalue weighted by Gasteiger charge is 2.11. The van der Waals surface area contributed by atoms with Crippen molar-refractivity contribution in [2.24, 2.45) is 0 Å². The van der Waals surface area contributed by atoms with E-state index in [2.05, 4.69) is 50.4 Å². The maximum absolute atomic E-state index is 12.4. The molecule has 0 aliphatic rings. The van der Waals surface area contributed by atoms with Crippen LogP contribution in [0.2, 0.25) is 0 Å². The second-order valence-corrected chi connectivity index (χ2v) is 8.68. The van der Waals surface area contributed by atoms with Crippen LogP contribution in [0.15, 0.2) is 53.4 Å². The molecule has 0 aliphatic heterocycles. The van der Waals surface area contributed by atoms with Crippen LogP contribution in [0.1, 0.15) is 35.3 Å². The molecule has 4 heteroatoms. The molecule has 0 bridgehead atoms. The third kappa shape index (κ3) is 6.25. The Bertz CT molecular complexity index is 653. The van der Waals surface area contributed by atoms with Gasteiger partial charge in [0.1, 0.15) is 0 Å². The van der Waals surface area contributed by atoms with Crippen molar-refractivity contribution in [2.45, 2.75) is 36.7 Å². The molecule has 0 fully saturated rings. The summed E-state index contributed by atoms with van der Waals surface area (Å²) in [5.74, 6) is 1.92. The van der Waals surface area contributed by atoms with E-state index in [0.717, 1.165) is 22.0 Å². The van der Waals surface area contributed by atoms with E-state index in [4.69, 9.17) is 0 Å². The predicted octanol–water partition coefficient (Wildman–Crippen LogP) is 5.16. The molecule has 2 rings (SSSR count). The summed E-state index contributed by atoms with van der Waals surface area (Å²) in [6.07, 6.45) is 0. The zero-order valence-corrected chi connectivity index (χ0v) is 16.2. The Hall–Kier alpha value is -1.39. The monoisotopic (exact) mass is 359 g/mol. The Morgan fingerprint density at radius 3 is 2.50 bits per heavy atom. The SMILES string of the molecule is Cc1ccc(CSCCNC(=O)c2ccccc2SC(C)C)cc1. The van der Waals surface area contributed by atoms with E-state index in [1.165, 1.54) is 11.1 Å². The lowest BCUT2D eigenvalue weighted by Gasteiger charge is -2.11. The zero-order valence-electron chi connectivity index (χ0n) is 14.5. The number of rotatable bonds is 8. The van der Waals surface area contributed by atoms with Gasteiger partial charge in [-0.05, 0) is 24.6 Å². The smallest absolute Gasteiger partial charge is 0.252 e. The minimum absolute atomic E-state index is 0.0229. The topological polar surface area (TPSA) is 29.1 Å². The molecule has 0 aromatic heterocycles. The van der Waals surface area contributed by atoms with Gasteiger partial charge in [0, 0.05) is 28.2 Å². The van der Waals surface area contributed by atoms with Gasteiger partial charge in [-0.3, -0.25) is 4.79 Å². The van der Waals surface area contributed by atoms with Gasteiger partial charge in [0.2, 0.25) is 0 Å². The molecule has 0 radical (unpaired) electrons. The summed E-state index contributed by atoms with van der Waals surface area (Å²) in [5.41, 5.74) is 3.39. The highest BCUT2D eigenvalue weighted by atomic mass is 32.2. The Kier molecular flexibility index (Phi) is 7.73. The first-order valence-corrected chi connectivity index (χ1v) is 10.3. The number of hydrogen-bond donors (Lipinski definition) is 1. The summed E-state index contributed by atoms with van der Waals surface area (Å²) in [7, 11) is 0. The van der Waals surface area contributed by atoms with Crippen molar-refractivity contribution >= 4 is 29.4 Å². The summed E-state index contributed by atoms with van der Waals surface area (Å²) >= 11 is 3.57. The molecule has 0 saturated carbocycles. The summed E-state index contributed by atoms with van der Waals surface area (Å²) < 4.78 is 0. The van der Waals surface area contributed by atoms with Crippen molar-refractivity contribution in [1.82, 2.24) is 5.32 Å². The molecule has 2 aromatic carbocycles. The van der Waals surface area contributed by atoms with Gasteiger partial charge < -0.3 is 5.32 Å². The number of carbonyl (C=O) groups is 1. The molecule has 128 valence electrons. The number of amides is 1. The highest BCUT2D eigenvalue weighted by Crippen LogP contribution is 2.26. The lowest BCUT2D eigenvalue weighted by Crippen LogP contribution is -2.26. The second kappa shape index (κ2) is 9.80. The maximum Gasteiger partial charge on any atom is 0.252 e. The standard InChI is InChI=1S/C20H25NOS2/c1-15(2)24-19-7-5-4-6-18(19)20(22)21-12-13-23-14-17-10-8-16(3)9-11-17/h4-11,15H,12-14H2,1-3H3,(H,21,22). The summed E-state index contributed by atoms with van der Waals surface area (Å²) in [4.78, 5) is 13.4. The third-order valence-electron chi connectivity index (χ3n) is 3.42. The van der Waals surface area contributed by atoms with Crippen LogP contribution in [0.25, 0.3) is 0 Å². The summed E-state index contributed by atoms with van der Waals surface area (Å²) in [6, 6.07) is 16.4. The average Bonchev–Trinajstić information content (AvgIpc) is 2.56. The molecular formula is C20H25NOS2. The molecular weight excluding hydrogens is 334 g/mol. The van der Waals surface area contributed by atoms with Crippen LogP contribution in [0, 0.1) is 6.92 Å². The number of benzene rings is 2.